The van der Waals surface area contributed by atoms with Gasteiger partial charge in [0.05, 0.1) is 0 Å². The number of carbonyl (C=O) groups is 1. The van der Waals surface area contributed by atoms with Crippen LogP contribution in [0.2, 0.25) is 5.02 Å². The maximum absolute atomic E-state index is 10.3. The molecule has 1 aromatic rings. The second kappa shape index (κ2) is 2.88. The number of rotatable bonds is 2. The van der Waals surface area contributed by atoms with E-state index in [2.05, 4.69) is 0 Å². The molecule has 1 saturated heterocycles. The molecule has 2 atom stereocenters. The predicted octanol–water partition coefficient (Wildman–Crippen LogP) is 1.98. The molecule has 0 saturated carbocycles. The Morgan fingerprint density at radius 3 is 2.50 bits per heavy atom. The second-order valence-electron chi connectivity index (χ2n) is 2.71. The van der Waals surface area contributed by atoms with Crippen molar-refractivity contribution in [3.63, 3.8) is 0 Å². The topological polar surface area (TPSA) is 29.6 Å². The highest BCUT2D eigenvalue weighted by Crippen LogP contribution is 2.37. The molecule has 62 valence electrons. The molecule has 3 heteroatoms. The van der Waals surface area contributed by atoms with Gasteiger partial charge in [0, 0.05) is 5.02 Å². The molecule has 0 unspecified atom stereocenters. The van der Waals surface area contributed by atoms with Crippen molar-refractivity contribution in [2.75, 3.05) is 0 Å². The van der Waals surface area contributed by atoms with Crippen molar-refractivity contribution in [2.24, 2.45) is 0 Å². The van der Waals surface area contributed by atoms with Crippen LogP contribution in [-0.4, -0.2) is 12.4 Å². The van der Waals surface area contributed by atoms with Crippen LogP contribution in [0.1, 0.15) is 11.7 Å². The number of aldehydes is 1. The van der Waals surface area contributed by atoms with Gasteiger partial charge in [-0.3, -0.25) is 0 Å². The first-order valence-corrected chi connectivity index (χ1v) is 4.05. The molecule has 0 spiro atoms. The fraction of sp³-hybridized carbons (Fsp3) is 0.222. The lowest BCUT2D eigenvalue weighted by atomic mass is 10.1. The number of hydrogen-bond donors (Lipinski definition) is 0. The van der Waals surface area contributed by atoms with Gasteiger partial charge < -0.3 is 9.53 Å². The Hall–Kier alpha value is -0.860. The van der Waals surface area contributed by atoms with Gasteiger partial charge in [0.1, 0.15) is 12.2 Å². The third kappa shape index (κ3) is 1.36. The summed E-state index contributed by atoms with van der Waals surface area (Å²) in [6, 6.07) is 7.33. The minimum atomic E-state index is -0.244. The second-order valence-corrected chi connectivity index (χ2v) is 3.15. The van der Waals surface area contributed by atoms with Crippen molar-refractivity contribution in [1.29, 1.82) is 0 Å². The van der Waals surface area contributed by atoms with Gasteiger partial charge >= 0.3 is 0 Å². The lowest BCUT2D eigenvalue weighted by Gasteiger charge is -1.93. The normalized spacial score (nSPS) is 26.8. The Morgan fingerprint density at radius 2 is 2.00 bits per heavy atom. The zero-order valence-corrected chi connectivity index (χ0v) is 6.99. The van der Waals surface area contributed by atoms with Crippen LogP contribution in [0.4, 0.5) is 0 Å². The molecule has 1 aliphatic rings. The van der Waals surface area contributed by atoms with Crippen molar-refractivity contribution in [3.05, 3.63) is 34.9 Å². The van der Waals surface area contributed by atoms with E-state index in [9.17, 15) is 4.79 Å². The summed E-state index contributed by atoms with van der Waals surface area (Å²) in [5, 5.41) is 0.696. The van der Waals surface area contributed by atoms with Crippen LogP contribution in [-0.2, 0) is 9.53 Å². The van der Waals surface area contributed by atoms with Crippen LogP contribution in [0.25, 0.3) is 0 Å². The van der Waals surface area contributed by atoms with E-state index >= 15 is 0 Å². The Balaban J connectivity index is 2.15. The smallest absolute Gasteiger partial charge is 0.151 e. The number of carbonyl (C=O) groups excluding carboxylic acids is 1. The Morgan fingerprint density at radius 1 is 1.33 bits per heavy atom. The summed E-state index contributed by atoms with van der Waals surface area (Å²) in [7, 11) is 0. The maximum Gasteiger partial charge on any atom is 0.151 e. The molecule has 0 aromatic heterocycles. The molecule has 0 N–H and O–H groups in total. The summed E-state index contributed by atoms with van der Waals surface area (Å²) < 4.78 is 5.08. The first-order chi connectivity index (χ1) is 5.81. The Labute approximate surface area is 75.1 Å². The van der Waals surface area contributed by atoms with Crippen molar-refractivity contribution >= 4 is 17.9 Å². The van der Waals surface area contributed by atoms with E-state index in [1.54, 1.807) is 12.1 Å². The van der Waals surface area contributed by atoms with Gasteiger partial charge in [0.2, 0.25) is 0 Å². The first-order valence-electron chi connectivity index (χ1n) is 3.67. The van der Waals surface area contributed by atoms with E-state index < -0.39 is 0 Å². The number of ether oxygens (including phenoxy) is 1. The van der Waals surface area contributed by atoms with Gasteiger partial charge in [-0.25, -0.2) is 0 Å². The van der Waals surface area contributed by atoms with Gasteiger partial charge in [0.15, 0.2) is 6.29 Å². The molecule has 12 heavy (non-hydrogen) atoms. The van der Waals surface area contributed by atoms with E-state index in [1.165, 1.54) is 0 Å². The van der Waals surface area contributed by atoms with Crippen molar-refractivity contribution < 1.29 is 9.53 Å². The average molecular weight is 183 g/mol. The van der Waals surface area contributed by atoms with Gasteiger partial charge in [0.25, 0.3) is 0 Å². The summed E-state index contributed by atoms with van der Waals surface area (Å²) in [5.41, 5.74) is 1.01. The fourth-order valence-corrected chi connectivity index (χ4v) is 1.27. The highest BCUT2D eigenvalue weighted by atomic mass is 35.5. The van der Waals surface area contributed by atoms with E-state index in [0.717, 1.165) is 11.8 Å². The zero-order valence-electron chi connectivity index (χ0n) is 6.24. The van der Waals surface area contributed by atoms with Crippen LogP contribution in [0.3, 0.4) is 0 Å². The van der Waals surface area contributed by atoms with Crippen LogP contribution in [0.15, 0.2) is 24.3 Å². The van der Waals surface area contributed by atoms with Crippen LogP contribution >= 0.6 is 11.6 Å². The van der Waals surface area contributed by atoms with Crippen molar-refractivity contribution in [2.45, 2.75) is 12.2 Å². The highest BCUT2D eigenvalue weighted by Gasteiger charge is 2.39. The zero-order chi connectivity index (χ0) is 8.55. The standard InChI is InChI=1S/C9H7ClO2/c10-7-3-1-6(2-4-7)9-8(5-11)12-9/h1-5,8-9H/t8-,9+/m1/s1. The molecule has 2 nitrogen and oxygen atoms in total. The summed E-state index contributed by atoms with van der Waals surface area (Å²) in [5.74, 6) is 0. The summed E-state index contributed by atoms with van der Waals surface area (Å²) in [6.45, 7) is 0. The third-order valence-electron chi connectivity index (χ3n) is 1.86. The van der Waals surface area contributed by atoms with Gasteiger partial charge in [-0.2, -0.15) is 0 Å². The van der Waals surface area contributed by atoms with E-state index in [0.29, 0.717) is 5.02 Å². The number of hydrogen-bond acceptors (Lipinski definition) is 2. The number of halogens is 1. The quantitative estimate of drug-likeness (QED) is 0.517. The van der Waals surface area contributed by atoms with E-state index in [1.807, 2.05) is 12.1 Å². The molecular weight excluding hydrogens is 176 g/mol. The molecule has 1 fully saturated rings. The minimum Gasteiger partial charge on any atom is -0.357 e. The third-order valence-corrected chi connectivity index (χ3v) is 2.11. The first kappa shape index (κ1) is 7.77. The molecule has 2 rings (SSSR count). The van der Waals surface area contributed by atoms with E-state index in [-0.39, 0.29) is 12.2 Å². The number of benzene rings is 1. The fourth-order valence-electron chi connectivity index (χ4n) is 1.15. The summed E-state index contributed by atoms with van der Waals surface area (Å²) in [6.07, 6.45) is 0.533. The monoisotopic (exact) mass is 182 g/mol. The van der Waals surface area contributed by atoms with Gasteiger partial charge in [-0.1, -0.05) is 23.7 Å². The lowest BCUT2D eigenvalue weighted by Crippen LogP contribution is -1.88. The maximum atomic E-state index is 10.3. The molecule has 1 aromatic carbocycles. The molecule has 0 aliphatic carbocycles. The minimum absolute atomic E-state index is 0.0419. The Bertz CT molecular complexity index is 294. The molecule has 0 radical (unpaired) electrons. The van der Waals surface area contributed by atoms with E-state index in [4.69, 9.17) is 16.3 Å². The molecular formula is C9H7ClO2. The van der Waals surface area contributed by atoms with Crippen molar-refractivity contribution in [3.8, 4) is 0 Å². The van der Waals surface area contributed by atoms with Crippen LogP contribution in [0.5, 0.6) is 0 Å². The molecule has 0 amide bonds. The largest absolute Gasteiger partial charge is 0.357 e. The molecule has 0 bridgehead atoms. The van der Waals surface area contributed by atoms with Crippen molar-refractivity contribution in [1.82, 2.24) is 0 Å². The van der Waals surface area contributed by atoms with Crippen LogP contribution < -0.4 is 0 Å². The molecule has 1 heterocycles. The predicted molar refractivity (Wildman–Crippen MR) is 45.1 cm³/mol. The van der Waals surface area contributed by atoms with Crippen LogP contribution in [0, 0.1) is 0 Å². The highest BCUT2D eigenvalue weighted by molar-refractivity contribution is 6.30. The van der Waals surface area contributed by atoms with Gasteiger partial charge in [-0.05, 0) is 17.7 Å². The summed E-state index contributed by atoms with van der Waals surface area (Å²) >= 11 is 5.70. The molecule has 1 aliphatic heterocycles. The van der Waals surface area contributed by atoms with Gasteiger partial charge in [-0.15, -0.1) is 0 Å². The Kier molecular flexibility index (Phi) is 1.87. The lowest BCUT2D eigenvalue weighted by molar-refractivity contribution is -0.108. The summed E-state index contributed by atoms with van der Waals surface area (Å²) in [4.78, 5) is 10.3. The number of epoxide rings is 1. The SMILES string of the molecule is O=C[C@H]1O[C@H]1c1ccc(Cl)cc1. The average Bonchev–Trinajstić information content (AvgIpc) is 2.85.